The first kappa shape index (κ1) is 20.7. The Kier molecular flexibility index (Phi) is 6.99. The number of likely N-dealkylation sites (tertiary alicyclic amines) is 1. The number of benzene rings is 1. The van der Waals surface area contributed by atoms with E-state index in [2.05, 4.69) is 39.5 Å². The predicted molar refractivity (Wildman–Crippen MR) is 98.3 cm³/mol. The zero-order valence-corrected chi connectivity index (χ0v) is 15.9. The van der Waals surface area contributed by atoms with Gasteiger partial charge in [-0.05, 0) is 65.5 Å². The SMILES string of the molecule is CC(O)CN1C(C)(C)CC(C)CC1(C)C.O=C(O)c1ccccc1. The number of piperidine rings is 1. The maximum absolute atomic E-state index is 10.2. The van der Waals surface area contributed by atoms with Crippen LogP contribution in [0.5, 0.6) is 0 Å². The number of carboxylic acid groups (broad SMARTS) is 1. The van der Waals surface area contributed by atoms with Gasteiger partial charge < -0.3 is 10.2 Å². The van der Waals surface area contributed by atoms with Gasteiger partial charge in [-0.3, -0.25) is 4.90 Å². The Morgan fingerprint density at radius 3 is 1.96 bits per heavy atom. The summed E-state index contributed by atoms with van der Waals surface area (Å²) in [6.07, 6.45) is 2.21. The van der Waals surface area contributed by atoms with Crippen molar-refractivity contribution in [2.24, 2.45) is 5.92 Å². The molecule has 1 aromatic rings. The van der Waals surface area contributed by atoms with Gasteiger partial charge in [-0.2, -0.15) is 0 Å². The number of carboxylic acids is 1. The van der Waals surface area contributed by atoms with E-state index in [0.29, 0.717) is 5.56 Å². The molecule has 0 bridgehead atoms. The van der Waals surface area contributed by atoms with E-state index < -0.39 is 5.97 Å². The van der Waals surface area contributed by atoms with Crippen molar-refractivity contribution in [3.8, 4) is 0 Å². The van der Waals surface area contributed by atoms with Crippen LogP contribution in [0.2, 0.25) is 0 Å². The predicted octanol–water partition coefficient (Wildman–Crippen LogP) is 4.04. The van der Waals surface area contributed by atoms with E-state index in [1.54, 1.807) is 30.3 Å². The summed E-state index contributed by atoms with van der Waals surface area (Å²) >= 11 is 0. The van der Waals surface area contributed by atoms with Crippen LogP contribution < -0.4 is 0 Å². The van der Waals surface area contributed by atoms with Crippen LogP contribution in [0.25, 0.3) is 0 Å². The number of rotatable bonds is 3. The third-order valence-electron chi connectivity index (χ3n) is 4.62. The summed E-state index contributed by atoms with van der Waals surface area (Å²) in [6.45, 7) is 14.2. The van der Waals surface area contributed by atoms with E-state index in [-0.39, 0.29) is 17.2 Å². The van der Waals surface area contributed by atoms with Gasteiger partial charge >= 0.3 is 5.97 Å². The van der Waals surface area contributed by atoms with Gasteiger partial charge in [0.15, 0.2) is 0 Å². The molecule has 1 atom stereocenters. The van der Waals surface area contributed by atoms with Gasteiger partial charge in [-0.25, -0.2) is 4.79 Å². The Hall–Kier alpha value is -1.39. The number of aliphatic hydroxyl groups excluding tert-OH is 1. The molecule has 0 radical (unpaired) electrons. The normalized spacial score (nSPS) is 21.5. The zero-order valence-electron chi connectivity index (χ0n) is 15.9. The highest BCUT2D eigenvalue weighted by atomic mass is 16.4. The molecule has 1 unspecified atom stereocenters. The van der Waals surface area contributed by atoms with Crippen molar-refractivity contribution in [3.05, 3.63) is 35.9 Å². The third-order valence-corrected chi connectivity index (χ3v) is 4.62. The van der Waals surface area contributed by atoms with Gasteiger partial charge in [0.1, 0.15) is 0 Å². The highest BCUT2D eigenvalue weighted by Crippen LogP contribution is 2.40. The number of aliphatic hydroxyl groups is 1. The molecule has 1 saturated heterocycles. The lowest BCUT2D eigenvalue weighted by molar-refractivity contribution is -0.0680. The quantitative estimate of drug-likeness (QED) is 0.875. The topological polar surface area (TPSA) is 60.8 Å². The first-order valence-electron chi connectivity index (χ1n) is 8.70. The van der Waals surface area contributed by atoms with E-state index in [0.717, 1.165) is 12.5 Å². The lowest BCUT2D eigenvalue weighted by Crippen LogP contribution is -2.61. The number of nitrogens with zero attached hydrogens (tertiary/aromatic N) is 1. The smallest absolute Gasteiger partial charge is 0.335 e. The molecule has 24 heavy (non-hydrogen) atoms. The van der Waals surface area contributed by atoms with E-state index in [4.69, 9.17) is 5.11 Å². The van der Waals surface area contributed by atoms with E-state index in [9.17, 15) is 9.90 Å². The van der Waals surface area contributed by atoms with Gasteiger partial charge in [0.05, 0.1) is 11.7 Å². The summed E-state index contributed by atoms with van der Waals surface area (Å²) in [7, 11) is 0. The molecule has 1 aliphatic rings. The minimum absolute atomic E-state index is 0.207. The van der Waals surface area contributed by atoms with Crippen molar-refractivity contribution >= 4 is 5.97 Å². The second-order valence-corrected chi connectivity index (χ2v) is 8.27. The highest BCUT2D eigenvalue weighted by Gasteiger charge is 2.43. The van der Waals surface area contributed by atoms with Crippen LogP contribution in [-0.4, -0.2) is 44.8 Å². The summed E-state index contributed by atoms with van der Waals surface area (Å²) in [5, 5.41) is 18.0. The number of carbonyl (C=O) groups is 1. The molecule has 0 aliphatic carbocycles. The number of hydrogen-bond acceptors (Lipinski definition) is 3. The van der Waals surface area contributed by atoms with Crippen LogP contribution in [0.15, 0.2) is 30.3 Å². The molecular formula is C20H33NO3. The highest BCUT2D eigenvalue weighted by molar-refractivity contribution is 5.87. The zero-order chi connectivity index (χ0) is 18.5. The summed E-state index contributed by atoms with van der Waals surface area (Å²) in [6, 6.07) is 8.30. The Bertz CT molecular complexity index is 505. The van der Waals surface area contributed by atoms with Crippen LogP contribution in [0, 0.1) is 5.92 Å². The Morgan fingerprint density at radius 2 is 1.62 bits per heavy atom. The molecule has 1 aromatic carbocycles. The van der Waals surface area contributed by atoms with Crippen molar-refractivity contribution in [1.29, 1.82) is 0 Å². The number of hydrogen-bond donors (Lipinski definition) is 2. The summed E-state index contributed by atoms with van der Waals surface area (Å²) in [4.78, 5) is 12.7. The maximum atomic E-state index is 10.2. The molecule has 0 amide bonds. The second-order valence-electron chi connectivity index (χ2n) is 8.27. The van der Waals surface area contributed by atoms with Gasteiger partial charge in [0.2, 0.25) is 0 Å². The molecule has 1 aliphatic heterocycles. The van der Waals surface area contributed by atoms with Crippen molar-refractivity contribution in [2.45, 2.75) is 71.6 Å². The van der Waals surface area contributed by atoms with Gasteiger partial charge in [-0.15, -0.1) is 0 Å². The Morgan fingerprint density at radius 1 is 1.17 bits per heavy atom. The standard InChI is InChI=1S/C13H27NO.C7H6O2/c1-10-7-12(3,4)14(9-11(2)15)13(5,6)8-10;8-7(9)6-4-2-1-3-5-6/h10-11,15H,7-9H2,1-6H3;1-5H,(H,8,9). The molecule has 1 heterocycles. The Balaban J connectivity index is 0.000000272. The average Bonchev–Trinajstić information content (AvgIpc) is 2.43. The lowest BCUT2D eigenvalue weighted by atomic mass is 9.74. The fourth-order valence-corrected chi connectivity index (χ4v) is 4.16. The van der Waals surface area contributed by atoms with Crippen LogP contribution in [0.3, 0.4) is 0 Å². The first-order valence-corrected chi connectivity index (χ1v) is 8.70. The van der Waals surface area contributed by atoms with E-state index >= 15 is 0 Å². The van der Waals surface area contributed by atoms with Gasteiger partial charge in [-0.1, -0.05) is 25.1 Å². The fourth-order valence-electron chi connectivity index (χ4n) is 4.16. The number of aromatic carboxylic acids is 1. The molecule has 0 spiro atoms. The lowest BCUT2D eigenvalue weighted by Gasteiger charge is -2.55. The fraction of sp³-hybridized carbons (Fsp3) is 0.650. The molecule has 2 N–H and O–H groups in total. The maximum Gasteiger partial charge on any atom is 0.335 e. The molecule has 136 valence electrons. The molecule has 1 fully saturated rings. The monoisotopic (exact) mass is 335 g/mol. The molecule has 4 heteroatoms. The van der Waals surface area contributed by atoms with E-state index in [1.165, 1.54) is 12.8 Å². The van der Waals surface area contributed by atoms with Crippen molar-refractivity contribution < 1.29 is 15.0 Å². The molecule has 0 saturated carbocycles. The van der Waals surface area contributed by atoms with E-state index in [1.807, 2.05) is 6.92 Å². The molecule has 2 rings (SSSR count). The second kappa shape index (κ2) is 8.13. The molecule has 4 nitrogen and oxygen atoms in total. The summed E-state index contributed by atoms with van der Waals surface area (Å²) < 4.78 is 0. The minimum atomic E-state index is -0.879. The van der Waals surface area contributed by atoms with Crippen LogP contribution in [-0.2, 0) is 0 Å². The van der Waals surface area contributed by atoms with Crippen molar-refractivity contribution in [1.82, 2.24) is 4.90 Å². The number of β-amino-alcohol motifs (C(OH)–C–C–N with tert-alkyl or cyclic N) is 1. The van der Waals surface area contributed by atoms with Gasteiger partial charge in [0.25, 0.3) is 0 Å². The molecule has 0 aromatic heterocycles. The summed E-state index contributed by atoms with van der Waals surface area (Å²) in [5.41, 5.74) is 0.744. The molecular weight excluding hydrogens is 302 g/mol. The minimum Gasteiger partial charge on any atom is -0.478 e. The summed E-state index contributed by atoms with van der Waals surface area (Å²) in [5.74, 6) is -0.101. The Labute approximate surface area is 146 Å². The third kappa shape index (κ3) is 5.91. The van der Waals surface area contributed by atoms with Crippen LogP contribution in [0.4, 0.5) is 0 Å². The largest absolute Gasteiger partial charge is 0.478 e. The average molecular weight is 335 g/mol. The first-order chi connectivity index (χ1) is 11.0. The van der Waals surface area contributed by atoms with Crippen molar-refractivity contribution in [3.63, 3.8) is 0 Å². The van der Waals surface area contributed by atoms with Gasteiger partial charge in [0, 0.05) is 17.6 Å². The van der Waals surface area contributed by atoms with Crippen LogP contribution in [0.1, 0.15) is 64.7 Å². The van der Waals surface area contributed by atoms with Crippen LogP contribution >= 0.6 is 0 Å². The van der Waals surface area contributed by atoms with Crippen molar-refractivity contribution in [2.75, 3.05) is 6.54 Å².